The molecule has 0 aliphatic carbocycles. The average molecular weight is 451 g/mol. The number of phenolic OH excluding ortho intramolecular Hbond substituents is 1. The minimum absolute atomic E-state index is 0.0352. The number of nitrogens with one attached hydrogen (secondary N) is 3. The Morgan fingerprint density at radius 2 is 1.97 bits per heavy atom. The summed E-state index contributed by atoms with van der Waals surface area (Å²) in [7, 11) is -4.02. The maximum atomic E-state index is 13.2. The number of para-hydroxylation sites is 1. The number of carbonyl (C=O) groups excluding carboxylic acids is 1. The lowest BCUT2D eigenvalue weighted by atomic mass is 10.1. The van der Waals surface area contributed by atoms with Gasteiger partial charge in [0.25, 0.3) is 0 Å². The highest BCUT2D eigenvalue weighted by Crippen LogP contribution is 2.41. The average Bonchev–Trinajstić information content (AvgIpc) is 3.34. The number of phenols is 1. The van der Waals surface area contributed by atoms with Crippen molar-refractivity contribution in [3.63, 3.8) is 0 Å². The van der Waals surface area contributed by atoms with Gasteiger partial charge in [0.05, 0.1) is 10.7 Å². The first kappa shape index (κ1) is 20.9. The van der Waals surface area contributed by atoms with Crippen molar-refractivity contribution in [2.75, 3.05) is 23.7 Å². The Morgan fingerprint density at radius 3 is 2.63 bits per heavy atom. The first-order valence-electron chi connectivity index (χ1n) is 9.74. The third-order valence-electron chi connectivity index (χ3n) is 5.55. The van der Waals surface area contributed by atoms with Crippen LogP contribution in [0.2, 0.25) is 5.02 Å². The number of carbonyl (C=O) groups is 1. The van der Waals surface area contributed by atoms with Crippen molar-refractivity contribution < 1.29 is 18.3 Å². The van der Waals surface area contributed by atoms with E-state index < -0.39 is 21.8 Å². The van der Waals surface area contributed by atoms with E-state index in [0.717, 1.165) is 18.4 Å². The van der Waals surface area contributed by atoms with Gasteiger partial charge in [-0.25, -0.2) is 13.2 Å². The molecule has 30 heavy (non-hydrogen) atoms. The molecular weight excluding hydrogens is 428 g/mol. The van der Waals surface area contributed by atoms with Crippen molar-refractivity contribution in [1.82, 2.24) is 9.62 Å². The Hall–Kier alpha value is -2.33. The van der Waals surface area contributed by atoms with Gasteiger partial charge in [-0.15, -0.1) is 0 Å². The second kappa shape index (κ2) is 8.07. The number of amides is 2. The number of sulfonamides is 1. The van der Waals surface area contributed by atoms with E-state index in [0.29, 0.717) is 18.8 Å². The molecule has 2 aromatic carbocycles. The van der Waals surface area contributed by atoms with E-state index in [1.807, 2.05) is 19.1 Å². The number of benzene rings is 2. The molecule has 2 atom stereocenters. The van der Waals surface area contributed by atoms with Gasteiger partial charge in [-0.2, -0.15) is 4.31 Å². The standard InChI is InChI=1S/C20H23ClN4O4S/c1-2-12-5-3-4-6-16(12)23-20(27)24-17-8-7-15(21)19(18(17)26)30(28,29)25-11-13-9-14(25)10-22-13/h3-8,13-14,22,26H,2,9-11H2,1H3,(H2,23,24,27)/t13-,14+/m1/s1. The lowest BCUT2D eigenvalue weighted by Crippen LogP contribution is -2.46. The topological polar surface area (TPSA) is 111 Å². The first-order valence-corrected chi connectivity index (χ1v) is 11.6. The summed E-state index contributed by atoms with van der Waals surface area (Å²) in [4.78, 5) is 12.1. The number of halogens is 1. The summed E-state index contributed by atoms with van der Waals surface area (Å²) in [6.45, 7) is 2.87. The van der Waals surface area contributed by atoms with Crippen LogP contribution in [0.4, 0.5) is 16.2 Å². The number of aromatic hydroxyl groups is 1. The molecular formula is C20H23ClN4O4S. The van der Waals surface area contributed by atoms with E-state index in [9.17, 15) is 18.3 Å². The van der Waals surface area contributed by atoms with Crippen LogP contribution in [0.1, 0.15) is 18.9 Å². The number of anilines is 2. The molecule has 2 saturated heterocycles. The first-order chi connectivity index (χ1) is 14.3. The summed E-state index contributed by atoms with van der Waals surface area (Å²) in [6.07, 6.45) is 1.46. The minimum Gasteiger partial charge on any atom is -0.504 e. The molecule has 2 fully saturated rings. The number of aryl methyl sites for hydroxylation is 1. The van der Waals surface area contributed by atoms with Gasteiger partial charge in [0.15, 0.2) is 5.75 Å². The molecule has 2 heterocycles. The Morgan fingerprint density at radius 1 is 1.23 bits per heavy atom. The zero-order valence-corrected chi connectivity index (χ0v) is 17.9. The fourth-order valence-corrected chi connectivity index (χ4v) is 6.33. The van der Waals surface area contributed by atoms with Crippen LogP contribution in [0.15, 0.2) is 41.3 Å². The number of piperazine rings is 1. The normalized spacial score (nSPS) is 21.0. The van der Waals surface area contributed by atoms with Crippen LogP contribution in [-0.2, 0) is 16.4 Å². The molecule has 2 amide bonds. The van der Waals surface area contributed by atoms with Crippen molar-refractivity contribution in [2.45, 2.75) is 36.7 Å². The highest BCUT2D eigenvalue weighted by molar-refractivity contribution is 7.89. The Kier molecular flexibility index (Phi) is 5.63. The van der Waals surface area contributed by atoms with Crippen LogP contribution in [0.5, 0.6) is 5.75 Å². The Labute approximate surface area is 180 Å². The van der Waals surface area contributed by atoms with Crippen molar-refractivity contribution >= 4 is 39.0 Å². The zero-order chi connectivity index (χ0) is 21.5. The summed E-state index contributed by atoms with van der Waals surface area (Å²) in [5.41, 5.74) is 1.56. The van der Waals surface area contributed by atoms with Gasteiger partial charge in [0.2, 0.25) is 10.0 Å². The minimum atomic E-state index is -4.02. The van der Waals surface area contributed by atoms with Gasteiger partial charge < -0.3 is 21.1 Å². The molecule has 0 radical (unpaired) electrons. The van der Waals surface area contributed by atoms with E-state index >= 15 is 0 Å². The third-order valence-corrected chi connectivity index (χ3v) is 7.97. The smallest absolute Gasteiger partial charge is 0.323 e. The second-order valence-corrected chi connectivity index (χ2v) is 9.67. The number of urea groups is 1. The van der Waals surface area contributed by atoms with Crippen molar-refractivity contribution in [3.05, 3.63) is 47.0 Å². The molecule has 10 heteroatoms. The van der Waals surface area contributed by atoms with Crippen LogP contribution >= 0.6 is 11.6 Å². The summed E-state index contributed by atoms with van der Waals surface area (Å²) in [6, 6.07) is 9.43. The lowest BCUT2D eigenvalue weighted by Gasteiger charge is -2.27. The maximum absolute atomic E-state index is 13.2. The van der Waals surface area contributed by atoms with Crippen LogP contribution in [0.3, 0.4) is 0 Å². The number of hydrogen-bond donors (Lipinski definition) is 4. The van der Waals surface area contributed by atoms with Crippen LogP contribution in [0, 0.1) is 0 Å². The monoisotopic (exact) mass is 450 g/mol. The lowest BCUT2D eigenvalue weighted by molar-refractivity contribution is 0.262. The molecule has 4 rings (SSSR count). The predicted molar refractivity (Wildman–Crippen MR) is 116 cm³/mol. The van der Waals surface area contributed by atoms with Gasteiger partial charge in [-0.05, 0) is 36.6 Å². The third kappa shape index (κ3) is 3.74. The van der Waals surface area contributed by atoms with Crippen LogP contribution in [-0.4, -0.2) is 49.0 Å². The number of fused-ring (bicyclic) bond motifs is 2. The van der Waals surface area contributed by atoms with Crippen LogP contribution in [0.25, 0.3) is 0 Å². The second-order valence-electron chi connectivity index (χ2n) is 7.43. The predicted octanol–water partition coefficient (Wildman–Crippen LogP) is 2.99. The molecule has 0 saturated carbocycles. The van der Waals surface area contributed by atoms with Crippen molar-refractivity contribution in [3.8, 4) is 5.75 Å². The van der Waals surface area contributed by atoms with E-state index in [2.05, 4.69) is 16.0 Å². The van der Waals surface area contributed by atoms with E-state index in [4.69, 9.17) is 11.6 Å². The molecule has 8 nitrogen and oxygen atoms in total. The van der Waals surface area contributed by atoms with Gasteiger partial charge >= 0.3 is 6.03 Å². The molecule has 2 bridgehead atoms. The number of hydrogen-bond acceptors (Lipinski definition) is 5. The van der Waals surface area contributed by atoms with Gasteiger partial charge in [-0.1, -0.05) is 36.7 Å². The molecule has 0 unspecified atom stereocenters. The quantitative estimate of drug-likeness (QED) is 0.523. The number of nitrogens with zero attached hydrogens (tertiary/aromatic N) is 1. The fourth-order valence-electron chi connectivity index (χ4n) is 4.05. The molecule has 160 valence electrons. The Bertz CT molecular complexity index is 1090. The fraction of sp³-hybridized carbons (Fsp3) is 0.350. The SMILES string of the molecule is CCc1ccccc1NC(=O)Nc1ccc(Cl)c(S(=O)(=O)N2C[C@H]3C[C@H]2CN3)c1O. The molecule has 2 aliphatic heterocycles. The maximum Gasteiger partial charge on any atom is 0.323 e. The largest absolute Gasteiger partial charge is 0.504 e. The summed E-state index contributed by atoms with van der Waals surface area (Å²) in [5.74, 6) is -0.572. The van der Waals surface area contributed by atoms with Gasteiger partial charge in [0.1, 0.15) is 4.90 Å². The van der Waals surface area contributed by atoms with Crippen molar-refractivity contribution in [2.24, 2.45) is 0 Å². The van der Waals surface area contributed by atoms with Gasteiger partial charge in [0, 0.05) is 30.9 Å². The molecule has 0 aromatic heterocycles. The summed E-state index contributed by atoms with van der Waals surface area (Å²) >= 11 is 6.16. The molecule has 0 spiro atoms. The molecule has 4 N–H and O–H groups in total. The highest BCUT2D eigenvalue weighted by Gasteiger charge is 2.45. The summed E-state index contributed by atoms with van der Waals surface area (Å²) < 4.78 is 27.8. The van der Waals surface area contributed by atoms with E-state index in [1.165, 1.54) is 16.4 Å². The Balaban J connectivity index is 1.59. The highest BCUT2D eigenvalue weighted by atomic mass is 35.5. The summed E-state index contributed by atoms with van der Waals surface area (Å²) in [5, 5.41) is 19.1. The van der Waals surface area contributed by atoms with Gasteiger partial charge in [-0.3, -0.25) is 0 Å². The molecule has 2 aromatic rings. The van der Waals surface area contributed by atoms with Crippen LogP contribution < -0.4 is 16.0 Å². The number of rotatable bonds is 5. The molecule has 2 aliphatic rings. The zero-order valence-electron chi connectivity index (χ0n) is 16.4. The van der Waals surface area contributed by atoms with E-state index in [-0.39, 0.29) is 27.7 Å². The van der Waals surface area contributed by atoms with E-state index in [1.54, 1.807) is 12.1 Å². The van der Waals surface area contributed by atoms with Crippen molar-refractivity contribution in [1.29, 1.82) is 0 Å².